The fourth-order valence-corrected chi connectivity index (χ4v) is 14.8. The van der Waals surface area contributed by atoms with E-state index in [0.29, 0.717) is 56.9 Å². The van der Waals surface area contributed by atoms with Crippen LogP contribution in [0.2, 0.25) is 0 Å². The minimum Gasteiger partial charge on any atom is -0.480 e. The van der Waals surface area contributed by atoms with Crippen LogP contribution in [-0.2, 0) is 53.9 Å². The number of carbonyl (C=O) groups excluding carboxylic acids is 1. The van der Waals surface area contributed by atoms with E-state index < -0.39 is 184 Å². The van der Waals surface area contributed by atoms with Gasteiger partial charge in [0.05, 0.1) is 31.3 Å². The second kappa shape index (κ2) is 23.9. The summed E-state index contributed by atoms with van der Waals surface area (Å²) in [6.07, 6.45) is -34.8. The van der Waals surface area contributed by atoms with E-state index in [1.54, 1.807) is 37.3 Å². The molecule has 1 spiro atoms. The molecule has 4 saturated heterocycles. The molecule has 79 heavy (non-hydrogen) atoms. The lowest BCUT2D eigenvalue weighted by atomic mass is 9.41. The van der Waals surface area contributed by atoms with Crippen LogP contribution in [0.15, 0.2) is 42.5 Å². The van der Waals surface area contributed by atoms with Crippen molar-refractivity contribution in [3.8, 4) is 0 Å². The molecule has 4 aliphatic heterocycles. The number of carboxylic acid groups (broad SMARTS) is 1. The van der Waals surface area contributed by atoms with Gasteiger partial charge in [-0.25, -0.2) is 0 Å². The monoisotopic (exact) mass is 1130 g/mol. The molecule has 2 bridgehead atoms. The number of aliphatic carboxylic acids is 1. The predicted octanol–water partition coefficient (Wildman–Crippen LogP) is -4.65. The molecule has 8 aliphatic rings. The van der Waals surface area contributed by atoms with Gasteiger partial charge in [0.15, 0.2) is 18.9 Å². The Morgan fingerprint density at radius 1 is 0.671 bits per heavy atom. The number of aliphatic hydroxyl groups excluding tert-OH is 14. The molecule has 0 amide bonds. The van der Waals surface area contributed by atoms with E-state index in [2.05, 4.69) is 18.8 Å². The number of benzene rings is 1. The van der Waals surface area contributed by atoms with Gasteiger partial charge in [0.1, 0.15) is 110 Å². The van der Waals surface area contributed by atoms with Gasteiger partial charge in [-0.3, -0.25) is 14.9 Å². The summed E-state index contributed by atoms with van der Waals surface area (Å²) in [5.41, 5.74) is -0.714. The molecule has 7 unspecified atom stereocenters. The smallest absolute Gasteiger partial charge is 0.321 e. The van der Waals surface area contributed by atoms with Crippen LogP contribution in [0, 0.1) is 34.0 Å². The van der Waals surface area contributed by atoms with Crippen LogP contribution in [0.25, 0.3) is 0 Å². The van der Waals surface area contributed by atoms with Crippen LogP contribution in [0.1, 0.15) is 70.8 Å². The quantitative estimate of drug-likeness (QED) is 0.0302. The molecule has 4 heterocycles. The summed E-state index contributed by atoms with van der Waals surface area (Å²) in [5.74, 6) is -3.00. The Balaban J connectivity index is 0.967. The highest BCUT2D eigenvalue weighted by Gasteiger charge is 2.68. The first-order chi connectivity index (χ1) is 37.4. The third kappa shape index (κ3) is 11.2. The van der Waals surface area contributed by atoms with Crippen LogP contribution in [-0.4, -0.2) is 250 Å². The highest BCUT2D eigenvalue weighted by atomic mass is 16.8. The molecule has 29 atom stereocenters. The van der Waals surface area contributed by atoms with E-state index in [4.69, 9.17) is 37.9 Å². The number of aliphatic hydroxyl groups is 14. The zero-order valence-electron chi connectivity index (χ0n) is 43.9. The van der Waals surface area contributed by atoms with Crippen molar-refractivity contribution < 1.29 is 124 Å². The molecule has 0 aromatic heterocycles. The number of esters is 1. The van der Waals surface area contributed by atoms with Gasteiger partial charge in [-0.2, -0.15) is 0 Å². The molecule has 4 aliphatic carbocycles. The molecule has 1 aromatic rings. The number of carbonyl (C=O) groups is 2. The molecular formula is C53H79NO25. The lowest BCUT2D eigenvalue weighted by molar-refractivity contribution is -0.397. The Bertz CT molecular complexity index is 2270. The van der Waals surface area contributed by atoms with E-state index in [-0.39, 0.29) is 29.6 Å². The Kier molecular flexibility index (Phi) is 18.4. The summed E-state index contributed by atoms with van der Waals surface area (Å²) in [7, 11) is 0. The average molecular weight is 1130 g/mol. The maximum atomic E-state index is 14.8. The standard InChI is InChI=1S/C53H79NO25/c1-21-16-53-13-10-29-51(2,11-7-12-52(29,3)50(71)79-48-40(67)36(63)37(64)42(77-48)44(68)54-24(45(69)70)14-22-8-5-4-6-9-22)30(53)15-25(23(21)17-53)72-49-43(78-47-39(66)35(62)32(59)27(19-56)74-47)41(33(60)28(20-57)75-49)76-46-38(65)34(61)31(58)26(18-55)73-46/h4-6,8-9,23-44,46-49,54-68H,1,7,10-20H2,2-3H3,(H,69,70)/t23?,24-,25?,26-,27-,28-,29+,30+,31-,32-,33-,34+,35+,36?,37+,38-,39-,40-,41?,42+,43-,44?,46+,47+,48?,49-,51-,52-,53?/m1/s1. The Morgan fingerprint density at radius 3 is 1.82 bits per heavy atom. The minimum absolute atomic E-state index is 0.0742. The molecular weight excluding hydrogens is 1050 g/mol. The van der Waals surface area contributed by atoms with Crippen LogP contribution in [0.5, 0.6) is 0 Å². The molecule has 0 radical (unpaired) electrons. The van der Waals surface area contributed by atoms with Gasteiger partial charge in [0, 0.05) is 5.92 Å². The second-order valence-electron chi connectivity index (χ2n) is 23.7. The van der Waals surface area contributed by atoms with Crippen LogP contribution >= 0.6 is 0 Å². The number of fused-ring (bicyclic) bond motifs is 3. The Labute approximate surface area is 455 Å². The number of ether oxygens (including phenoxy) is 8. The van der Waals surface area contributed by atoms with Crippen molar-refractivity contribution in [3.63, 3.8) is 0 Å². The van der Waals surface area contributed by atoms with Gasteiger partial charge in [0.25, 0.3) is 0 Å². The van der Waals surface area contributed by atoms with E-state index in [9.17, 15) is 86.2 Å². The summed E-state index contributed by atoms with van der Waals surface area (Å²) in [4.78, 5) is 27.1. The molecule has 16 N–H and O–H groups in total. The average Bonchev–Trinajstić information content (AvgIpc) is 3.91. The van der Waals surface area contributed by atoms with E-state index in [0.717, 1.165) is 5.57 Å². The topological polar surface area (TPSA) is 423 Å². The van der Waals surface area contributed by atoms with E-state index in [1.165, 1.54) is 0 Å². The van der Waals surface area contributed by atoms with E-state index in [1.807, 2.05) is 0 Å². The van der Waals surface area contributed by atoms with Crippen LogP contribution in [0.4, 0.5) is 0 Å². The summed E-state index contributed by atoms with van der Waals surface area (Å²) in [6.45, 7) is 5.85. The lowest BCUT2D eigenvalue weighted by Gasteiger charge is -2.64. The number of nitrogens with one attached hydrogen (secondary N) is 1. The van der Waals surface area contributed by atoms with Crippen molar-refractivity contribution in [2.45, 2.75) is 213 Å². The summed E-state index contributed by atoms with van der Waals surface area (Å²) in [6, 6.07) is 7.18. The van der Waals surface area contributed by atoms with Crippen molar-refractivity contribution in [1.82, 2.24) is 5.32 Å². The highest BCUT2D eigenvalue weighted by molar-refractivity contribution is 5.77. The first-order valence-electron chi connectivity index (χ1n) is 27.2. The van der Waals surface area contributed by atoms with Crippen LogP contribution in [0.3, 0.4) is 0 Å². The largest absolute Gasteiger partial charge is 0.480 e. The Hall–Kier alpha value is -2.98. The van der Waals surface area contributed by atoms with Crippen molar-refractivity contribution >= 4 is 11.9 Å². The molecule has 1 aromatic carbocycles. The van der Waals surface area contributed by atoms with Gasteiger partial charge in [-0.05, 0) is 86.5 Å². The molecule has 26 nitrogen and oxygen atoms in total. The molecule has 8 fully saturated rings. The van der Waals surface area contributed by atoms with Crippen molar-refractivity contribution in [2.24, 2.45) is 34.0 Å². The normalized spacial score (nSPS) is 48.8. The summed E-state index contributed by atoms with van der Waals surface area (Å²) >= 11 is 0. The maximum Gasteiger partial charge on any atom is 0.321 e. The molecule has 9 rings (SSSR count). The summed E-state index contributed by atoms with van der Waals surface area (Å²) < 4.78 is 48.7. The molecule has 4 saturated carbocycles. The number of carboxylic acids is 1. The first-order valence-corrected chi connectivity index (χ1v) is 27.2. The van der Waals surface area contributed by atoms with Crippen molar-refractivity contribution in [1.29, 1.82) is 0 Å². The zero-order valence-corrected chi connectivity index (χ0v) is 43.9. The van der Waals surface area contributed by atoms with Gasteiger partial charge >= 0.3 is 11.9 Å². The fraction of sp³-hybridized carbons (Fsp3) is 0.811. The number of hydrogen-bond donors (Lipinski definition) is 16. The molecule has 26 heteroatoms. The van der Waals surface area contributed by atoms with Gasteiger partial charge in [-0.15, -0.1) is 0 Å². The predicted molar refractivity (Wildman–Crippen MR) is 263 cm³/mol. The SMILES string of the molecule is C=C1CC23CC[C@H]4[C@@](C)(CCC[C@@]4(C)C(=O)OC4O[C@H](C(O)N[C@H](Cc5ccccc5)C(=O)O)[C@@H](O)C(O)[C@H]4O)[C@@H]2CC(O[C@@H]2O[C@H](CO)[C@@H](O)C(O[C@@H]4O[C@H](CO)[C@@H](O)[C@H](O)[C@H]4O)[C@H]2O[C@@H]2O[C@H](CO)[C@@H](O)[C@H](O)[C@H]2O)C1C3. The third-order valence-corrected chi connectivity index (χ3v) is 19.0. The van der Waals surface area contributed by atoms with Gasteiger partial charge in [0.2, 0.25) is 6.29 Å². The van der Waals surface area contributed by atoms with Gasteiger partial charge < -0.3 is 114 Å². The maximum absolute atomic E-state index is 14.8. The fourth-order valence-electron chi connectivity index (χ4n) is 14.8. The number of rotatable bonds is 17. The highest BCUT2D eigenvalue weighted by Crippen LogP contribution is 2.72. The summed E-state index contributed by atoms with van der Waals surface area (Å²) in [5, 5.41) is 164. The van der Waals surface area contributed by atoms with Crippen molar-refractivity contribution in [2.75, 3.05) is 19.8 Å². The van der Waals surface area contributed by atoms with E-state index >= 15 is 0 Å². The second-order valence-corrected chi connectivity index (χ2v) is 23.7. The zero-order chi connectivity index (χ0) is 57.2. The Morgan fingerprint density at radius 2 is 1.23 bits per heavy atom. The first kappa shape index (κ1) is 60.6. The lowest BCUT2D eigenvalue weighted by Crippen LogP contribution is -2.67. The number of hydrogen-bond acceptors (Lipinski definition) is 25. The van der Waals surface area contributed by atoms with Gasteiger partial charge in [-0.1, -0.05) is 55.8 Å². The third-order valence-electron chi connectivity index (χ3n) is 19.0. The van der Waals surface area contributed by atoms with Crippen LogP contribution < -0.4 is 5.32 Å². The molecule has 446 valence electrons. The van der Waals surface area contributed by atoms with Crippen molar-refractivity contribution in [3.05, 3.63) is 48.0 Å². The minimum atomic E-state index is -1.99.